The SMILES string of the molecule is O=C(CCc1n[nH]c2c1CCCC2)N1CCN(C(=O)c2cccs2)CC1. The Labute approximate surface area is 157 Å². The second-order valence-electron chi connectivity index (χ2n) is 6.98. The number of piperazine rings is 1. The van der Waals surface area contributed by atoms with E-state index in [-0.39, 0.29) is 11.8 Å². The molecule has 1 aliphatic carbocycles. The molecule has 0 bridgehead atoms. The molecule has 1 fully saturated rings. The van der Waals surface area contributed by atoms with Gasteiger partial charge in [-0.3, -0.25) is 14.7 Å². The van der Waals surface area contributed by atoms with Crippen LogP contribution in [0.4, 0.5) is 0 Å². The highest BCUT2D eigenvalue weighted by atomic mass is 32.1. The summed E-state index contributed by atoms with van der Waals surface area (Å²) in [7, 11) is 0. The number of thiophene rings is 1. The summed E-state index contributed by atoms with van der Waals surface area (Å²) in [5.74, 6) is 0.246. The molecule has 1 N–H and O–H groups in total. The Hall–Kier alpha value is -2.15. The van der Waals surface area contributed by atoms with Crippen LogP contribution < -0.4 is 0 Å². The molecule has 0 radical (unpaired) electrons. The lowest BCUT2D eigenvalue weighted by Gasteiger charge is -2.34. The van der Waals surface area contributed by atoms with Crippen molar-refractivity contribution in [2.45, 2.75) is 38.5 Å². The van der Waals surface area contributed by atoms with Crippen molar-refractivity contribution in [2.24, 2.45) is 0 Å². The van der Waals surface area contributed by atoms with Crippen LogP contribution in [0.3, 0.4) is 0 Å². The number of hydrogen-bond acceptors (Lipinski definition) is 4. The van der Waals surface area contributed by atoms with Crippen molar-refractivity contribution in [2.75, 3.05) is 26.2 Å². The van der Waals surface area contributed by atoms with E-state index in [1.807, 2.05) is 27.3 Å². The first-order valence-corrected chi connectivity index (χ1v) is 10.3. The van der Waals surface area contributed by atoms with Gasteiger partial charge in [-0.1, -0.05) is 6.07 Å². The predicted octanol–water partition coefficient (Wildman–Crippen LogP) is 2.27. The van der Waals surface area contributed by atoms with Gasteiger partial charge in [0, 0.05) is 44.7 Å². The minimum Gasteiger partial charge on any atom is -0.339 e. The van der Waals surface area contributed by atoms with E-state index in [4.69, 9.17) is 0 Å². The highest BCUT2D eigenvalue weighted by Crippen LogP contribution is 2.23. The highest BCUT2D eigenvalue weighted by Gasteiger charge is 2.25. The van der Waals surface area contributed by atoms with Gasteiger partial charge in [0.1, 0.15) is 0 Å². The number of carbonyl (C=O) groups excluding carboxylic acids is 2. The minimum atomic E-state index is 0.0789. The second kappa shape index (κ2) is 7.61. The number of aromatic amines is 1. The van der Waals surface area contributed by atoms with E-state index in [9.17, 15) is 9.59 Å². The number of aryl methyl sites for hydroxylation is 2. The fourth-order valence-electron chi connectivity index (χ4n) is 3.85. The van der Waals surface area contributed by atoms with Crippen LogP contribution in [0, 0.1) is 0 Å². The van der Waals surface area contributed by atoms with Gasteiger partial charge in [-0.25, -0.2) is 0 Å². The Kier molecular flexibility index (Phi) is 5.06. The summed E-state index contributed by atoms with van der Waals surface area (Å²) in [6.45, 7) is 2.46. The molecule has 138 valence electrons. The van der Waals surface area contributed by atoms with Gasteiger partial charge in [-0.05, 0) is 42.7 Å². The molecular weight excluding hydrogens is 348 g/mol. The van der Waals surface area contributed by atoms with Crippen molar-refractivity contribution in [1.29, 1.82) is 0 Å². The van der Waals surface area contributed by atoms with Crippen molar-refractivity contribution in [1.82, 2.24) is 20.0 Å². The maximum absolute atomic E-state index is 12.6. The van der Waals surface area contributed by atoms with E-state index in [1.54, 1.807) is 0 Å². The van der Waals surface area contributed by atoms with Gasteiger partial charge in [-0.2, -0.15) is 5.10 Å². The lowest BCUT2D eigenvalue weighted by Crippen LogP contribution is -2.50. The van der Waals surface area contributed by atoms with E-state index in [0.29, 0.717) is 39.0 Å². The predicted molar refractivity (Wildman–Crippen MR) is 100 cm³/mol. The molecule has 0 unspecified atom stereocenters. The summed E-state index contributed by atoms with van der Waals surface area (Å²) in [6, 6.07) is 3.75. The van der Waals surface area contributed by atoms with Gasteiger partial charge in [0.15, 0.2) is 0 Å². The molecule has 2 amide bonds. The summed E-state index contributed by atoms with van der Waals surface area (Å²) in [5.41, 5.74) is 3.68. The topological polar surface area (TPSA) is 69.3 Å². The van der Waals surface area contributed by atoms with E-state index in [0.717, 1.165) is 23.4 Å². The van der Waals surface area contributed by atoms with Gasteiger partial charge < -0.3 is 9.80 Å². The molecule has 0 atom stereocenters. The van der Waals surface area contributed by atoms with Crippen LogP contribution in [-0.4, -0.2) is 58.0 Å². The Balaban J connectivity index is 1.27. The summed E-state index contributed by atoms with van der Waals surface area (Å²) in [6.07, 6.45) is 5.81. The first-order chi connectivity index (χ1) is 12.7. The van der Waals surface area contributed by atoms with E-state index >= 15 is 0 Å². The van der Waals surface area contributed by atoms with Crippen LogP contribution in [0.5, 0.6) is 0 Å². The molecule has 2 aliphatic rings. The molecule has 0 saturated carbocycles. The Bertz CT molecular complexity index is 776. The molecule has 1 saturated heterocycles. The Morgan fingerprint density at radius 1 is 1.12 bits per heavy atom. The number of fused-ring (bicyclic) bond motifs is 1. The Morgan fingerprint density at radius 2 is 1.88 bits per heavy atom. The zero-order valence-electron chi connectivity index (χ0n) is 14.9. The maximum atomic E-state index is 12.6. The molecule has 0 aromatic carbocycles. The number of nitrogens with zero attached hydrogens (tertiary/aromatic N) is 3. The van der Waals surface area contributed by atoms with Crippen molar-refractivity contribution in [3.05, 3.63) is 39.3 Å². The molecule has 6 nitrogen and oxygen atoms in total. The van der Waals surface area contributed by atoms with Gasteiger partial charge in [0.25, 0.3) is 5.91 Å². The first-order valence-electron chi connectivity index (χ1n) is 9.38. The fourth-order valence-corrected chi connectivity index (χ4v) is 4.55. The number of nitrogens with one attached hydrogen (secondary N) is 1. The fraction of sp³-hybridized carbons (Fsp3) is 0.526. The average Bonchev–Trinajstić information content (AvgIpc) is 3.36. The van der Waals surface area contributed by atoms with Crippen LogP contribution in [-0.2, 0) is 24.1 Å². The monoisotopic (exact) mass is 372 g/mol. The molecule has 1 aliphatic heterocycles. The minimum absolute atomic E-state index is 0.0789. The van der Waals surface area contributed by atoms with Gasteiger partial charge in [0.05, 0.1) is 10.6 Å². The Morgan fingerprint density at radius 3 is 2.65 bits per heavy atom. The molecule has 4 rings (SSSR count). The van der Waals surface area contributed by atoms with Gasteiger partial charge in [-0.15, -0.1) is 11.3 Å². The normalized spacial score (nSPS) is 17.2. The van der Waals surface area contributed by atoms with E-state index in [1.165, 1.54) is 35.4 Å². The average molecular weight is 372 g/mol. The number of carbonyl (C=O) groups is 2. The lowest BCUT2D eigenvalue weighted by molar-refractivity contribution is -0.132. The van der Waals surface area contributed by atoms with Crippen LogP contribution in [0.1, 0.15) is 45.9 Å². The zero-order valence-corrected chi connectivity index (χ0v) is 15.7. The number of amides is 2. The standard InChI is InChI=1S/C19H24N4O2S/c24-18(8-7-16-14-4-1-2-5-15(14)20-21-16)22-9-11-23(12-10-22)19(25)17-6-3-13-26-17/h3,6,13H,1-2,4-5,7-12H2,(H,20,21). The van der Waals surface area contributed by atoms with Gasteiger partial charge in [0.2, 0.25) is 5.91 Å². The highest BCUT2D eigenvalue weighted by molar-refractivity contribution is 7.12. The molecule has 2 aromatic heterocycles. The van der Waals surface area contributed by atoms with E-state index in [2.05, 4.69) is 10.2 Å². The molecule has 26 heavy (non-hydrogen) atoms. The first kappa shape index (κ1) is 17.3. The number of hydrogen-bond donors (Lipinski definition) is 1. The third-order valence-electron chi connectivity index (χ3n) is 5.37. The van der Waals surface area contributed by atoms with Crippen molar-refractivity contribution in [3.8, 4) is 0 Å². The molecule has 3 heterocycles. The van der Waals surface area contributed by atoms with Crippen LogP contribution in [0.2, 0.25) is 0 Å². The van der Waals surface area contributed by atoms with Crippen LogP contribution in [0.25, 0.3) is 0 Å². The van der Waals surface area contributed by atoms with Crippen molar-refractivity contribution >= 4 is 23.2 Å². The lowest BCUT2D eigenvalue weighted by atomic mass is 9.94. The zero-order chi connectivity index (χ0) is 17.9. The number of H-pyrrole nitrogens is 1. The summed E-state index contributed by atoms with van der Waals surface area (Å²) in [5, 5.41) is 9.49. The van der Waals surface area contributed by atoms with Gasteiger partial charge >= 0.3 is 0 Å². The quantitative estimate of drug-likeness (QED) is 0.895. The third kappa shape index (κ3) is 3.53. The number of rotatable bonds is 4. The summed E-state index contributed by atoms with van der Waals surface area (Å²) >= 11 is 1.47. The molecule has 7 heteroatoms. The molecular formula is C19H24N4O2S. The largest absolute Gasteiger partial charge is 0.339 e. The maximum Gasteiger partial charge on any atom is 0.264 e. The summed E-state index contributed by atoms with van der Waals surface area (Å²) in [4.78, 5) is 29.4. The molecule has 0 spiro atoms. The molecule has 2 aromatic rings. The van der Waals surface area contributed by atoms with E-state index < -0.39 is 0 Å². The van der Waals surface area contributed by atoms with Crippen LogP contribution in [0.15, 0.2) is 17.5 Å². The summed E-state index contributed by atoms with van der Waals surface area (Å²) < 4.78 is 0. The van der Waals surface area contributed by atoms with Crippen molar-refractivity contribution < 1.29 is 9.59 Å². The van der Waals surface area contributed by atoms with Crippen LogP contribution >= 0.6 is 11.3 Å². The smallest absolute Gasteiger partial charge is 0.264 e. The van der Waals surface area contributed by atoms with Crippen molar-refractivity contribution in [3.63, 3.8) is 0 Å². The number of aromatic nitrogens is 2. The third-order valence-corrected chi connectivity index (χ3v) is 6.23. The second-order valence-corrected chi connectivity index (χ2v) is 7.93.